The van der Waals surface area contributed by atoms with Crippen LogP contribution >= 0.6 is 0 Å². The quantitative estimate of drug-likeness (QED) is 0.506. The Bertz CT molecular complexity index is 106. The van der Waals surface area contributed by atoms with Gasteiger partial charge in [0.25, 0.3) is 0 Å². The highest BCUT2D eigenvalue weighted by Crippen LogP contribution is 2.14. The maximum Gasteiger partial charge on any atom is 0.157 e. The van der Waals surface area contributed by atoms with Gasteiger partial charge in [-0.05, 0) is 0 Å². The second kappa shape index (κ2) is 3.30. The van der Waals surface area contributed by atoms with Crippen LogP contribution in [-0.2, 0) is 9.47 Å². The van der Waals surface area contributed by atoms with Crippen LogP contribution in [0.4, 0.5) is 0 Å². The Morgan fingerprint density at radius 1 is 1.50 bits per heavy atom. The van der Waals surface area contributed by atoms with Gasteiger partial charge in [-0.1, -0.05) is 0 Å². The molecular formula is C6H12O4. The first-order valence-corrected chi connectivity index (χ1v) is 3.24. The minimum Gasteiger partial charge on any atom is -0.388 e. The Balaban J connectivity index is 2.38. The van der Waals surface area contributed by atoms with Crippen molar-refractivity contribution in [1.29, 1.82) is 0 Å². The Labute approximate surface area is 59.4 Å². The van der Waals surface area contributed by atoms with Crippen molar-refractivity contribution >= 4 is 0 Å². The average Bonchev–Trinajstić information content (AvgIpc) is 1.94. The molecule has 4 heteroatoms. The lowest BCUT2D eigenvalue weighted by Gasteiger charge is -2.29. The number of hydrogen-bond acceptors (Lipinski definition) is 4. The fraction of sp³-hybridized carbons (Fsp3) is 1.00. The fourth-order valence-corrected chi connectivity index (χ4v) is 0.994. The lowest BCUT2D eigenvalue weighted by Crippen LogP contribution is -2.42. The zero-order valence-electron chi connectivity index (χ0n) is 5.86. The van der Waals surface area contributed by atoms with Crippen LogP contribution < -0.4 is 0 Å². The van der Waals surface area contributed by atoms with E-state index in [9.17, 15) is 0 Å². The summed E-state index contributed by atoms with van der Waals surface area (Å²) in [7, 11) is 1.51. The molecule has 0 aromatic rings. The van der Waals surface area contributed by atoms with Gasteiger partial charge in [0.1, 0.15) is 6.10 Å². The number of ether oxygens (including phenoxy) is 2. The Hall–Kier alpha value is -0.160. The lowest BCUT2D eigenvalue weighted by atomic mass is 10.1. The standard InChI is InChI=1S/C6H12O4/c1-9-5-2-6(8)10-3-4(5)7/h4-8H,2-3H2,1H3/t4-,5+,6+/m0/s1. The second-order valence-corrected chi connectivity index (χ2v) is 2.37. The van der Waals surface area contributed by atoms with Crippen LogP contribution in [0.2, 0.25) is 0 Å². The van der Waals surface area contributed by atoms with E-state index >= 15 is 0 Å². The van der Waals surface area contributed by atoms with Gasteiger partial charge in [0, 0.05) is 13.5 Å². The van der Waals surface area contributed by atoms with Crippen LogP contribution in [0.15, 0.2) is 0 Å². The first-order chi connectivity index (χ1) is 4.74. The summed E-state index contributed by atoms with van der Waals surface area (Å²) in [5.74, 6) is 0. The molecule has 0 amide bonds. The predicted octanol–water partition coefficient (Wildman–Crippen LogP) is -0.899. The van der Waals surface area contributed by atoms with Gasteiger partial charge < -0.3 is 19.7 Å². The van der Waals surface area contributed by atoms with Crippen molar-refractivity contribution in [2.45, 2.75) is 24.9 Å². The van der Waals surface area contributed by atoms with Crippen molar-refractivity contribution in [2.24, 2.45) is 0 Å². The van der Waals surface area contributed by atoms with E-state index in [1.807, 2.05) is 0 Å². The van der Waals surface area contributed by atoms with Gasteiger partial charge >= 0.3 is 0 Å². The first-order valence-electron chi connectivity index (χ1n) is 3.24. The van der Waals surface area contributed by atoms with Gasteiger partial charge in [-0.25, -0.2) is 0 Å². The summed E-state index contributed by atoms with van der Waals surface area (Å²) in [6.07, 6.45) is -1.33. The summed E-state index contributed by atoms with van der Waals surface area (Å²) in [5.41, 5.74) is 0. The molecule has 0 aromatic heterocycles. The van der Waals surface area contributed by atoms with Gasteiger partial charge in [0.15, 0.2) is 6.29 Å². The summed E-state index contributed by atoms with van der Waals surface area (Å²) in [5, 5.41) is 18.0. The molecule has 1 rings (SSSR count). The molecule has 1 heterocycles. The second-order valence-electron chi connectivity index (χ2n) is 2.37. The van der Waals surface area contributed by atoms with Crippen molar-refractivity contribution in [1.82, 2.24) is 0 Å². The molecule has 0 aromatic carbocycles. The number of hydrogen-bond donors (Lipinski definition) is 2. The fourth-order valence-electron chi connectivity index (χ4n) is 0.994. The summed E-state index contributed by atoms with van der Waals surface area (Å²) >= 11 is 0. The third-order valence-corrected chi connectivity index (χ3v) is 1.63. The highest BCUT2D eigenvalue weighted by atomic mass is 16.6. The molecule has 0 bridgehead atoms. The predicted molar refractivity (Wildman–Crippen MR) is 33.4 cm³/mol. The van der Waals surface area contributed by atoms with Crippen LogP contribution in [0.3, 0.4) is 0 Å². The summed E-state index contributed by atoms with van der Waals surface area (Å²) in [6.45, 7) is 0.152. The van der Waals surface area contributed by atoms with Gasteiger partial charge in [0.2, 0.25) is 0 Å². The normalized spacial score (nSPS) is 41.7. The molecule has 0 aliphatic carbocycles. The molecule has 1 saturated heterocycles. The third-order valence-electron chi connectivity index (χ3n) is 1.63. The zero-order chi connectivity index (χ0) is 7.56. The minimum absolute atomic E-state index is 0.152. The maximum absolute atomic E-state index is 9.13. The lowest BCUT2D eigenvalue weighted by molar-refractivity contribution is -0.199. The van der Waals surface area contributed by atoms with Crippen LogP contribution in [0.5, 0.6) is 0 Å². The Kier molecular flexibility index (Phi) is 2.62. The molecule has 0 radical (unpaired) electrons. The minimum atomic E-state index is -0.784. The van der Waals surface area contributed by atoms with Gasteiger partial charge in [-0.3, -0.25) is 0 Å². The summed E-state index contributed by atoms with van der Waals surface area (Å²) in [6, 6.07) is 0. The van der Waals surface area contributed by atoms with Crippen molar-refractivity contribution in [3.8, 4) is 0 Å². The number of aliphatic hydroxyl groups excluding tert-OH is 2. The van der Waals surface area contributed by atoms with E-state index in [4.69, 9.17) is 19.7 Å². The molecule has 0 saturated carbocycles. The molecule has 1 aliphatic rings. The number of rotatable bonds is 1. The van der Waals surface area contributed by atoms with Gasteiger partial charge in [0.05, 0.1) is 12.7 Å². The monoisotopic (exact) mass is 148 g/mol. The SMILES string of the molecule is CO[C@@H]1C[C@H](O)OC[C@@H]1O. The molecule has 4 nitrogen and oxygen atoms in total. The Morgan fingerprint density at radius 2 is 2.20 bits per heavy atom. The summed E-state index contributed by atoms with van der Waals surface area (Å²) < 4.78 is 9.63. The average molecular weight is 148 g/mol. The van der Waals surface area contributed by atoms with E-state index in [0.717, 1.165) is 0 Å². The van der Waals surface area contributed by atoms with E-state index in [-0.39, 0.29) is 12.7 Å². The molecular weight excluding hydrogens is 136 g/mol. The van der Waals surface area contributed by atoms with Crippen molar-refractivity contribution < 1.29 is 19.7 Å². The van der Waals surface area contributed by atoms with Crippen LogP contribution in [-0.4, -0.2) is 42.4 Å². The van der Waals surface area contributed by atoms with Gasteiger partial charge in [-0.2, -0.15) is 0 Å². The van der Waals surface area contributed by atoms with E-state index in [2.05, 4.69) is 0 Å². The highest BCUT2D eigenvalue weighted by molar-refractivity contribution is 4.73. The largest absolute Gasteiger partial charge is 0.388 e. The number of methoxy groups -OCH3 is 1. The zero-order valence-corrected chi connectivity index (χ0v) is 5.86. The molecule has 2 N–H and O–H groups in total. The maximum atomic E-state index is 9.13. The van der Waals surface area contributed by atoms with Crippen molar-refractivity contribution in [2.75, 3.05) is 13.7 Å². The van der Waals surface area contributed by atoms with Crippen LogP contribution in [0.1, 0.15) is 6.42 Å². The topological polar surface area (TPSA) is 58.9 Å². The van der Waals surface area contributed by atoms with Crippen molar-refractivity contribution in [3.05, 3.63) is 0 Å². The van der Waals surface area contributed by atoms with E-state index in [0.29, 0.717) is 6.42 Å². The van der Waals surface area contributed by atoms with Crippen molar-refractivity contribution in [3.63, 3.8) is 0 Å². The molecule has 0 unspecified atom stereocenters. The number of aliphatic hydroxyl groups is 2. The molecule has 1 aliphatic heterocycles. The summed E-state index contributed by atoms with van der Waals surface area (Å²) in [4.78, 5) is 0. The van der Waals surface area contributed by atoms with E-state index in [1.165, 1.54) is 7.11 Å². The highest BCUT2D eigenvalue weighted by Gasteiger charge is 2.28. The molecule has 60 valence electrons. The van der Waals surface area contributed by atoms with Crippen LogP contribution in [0.25, 0.3) is 0 Å². The van der Waals surface area contributed by atoms with Gasteiger partial charge in [-0.15, -0.1) is 0 Å². The van der Waals surface area contributed by atoms with E-state index in [1.54, 1.807) is 0 Å². The molecule has 3 atom stereocenters. The van der Waals surface area contributed by atoms with E-state index < -0.39 is 12.4 Å². The molecule has 1 fully saturated rings. The molecule has 0 spiro atoms. The van der Waals surface area contributed by atoms with Crippen LogP contribution in [0, 0.1) is 0 Å². The first kappa shape index (κ1) is 7.94. The molecule has 10 heavy (non-hydrogen) atoms. The third kappa shape index (κ3) is 1.67. The Morgan fingerprint density at radius 3 is 2.70 bits per heavy atom. The smallest absolute Gasteiger partial charge is 0.157 e.